The first kappa shape index (κ1) is 16.9. The van der Waals surface area contributed by atoms with Gasteiger partial charge in [-0.15, -0.1) is 0 Å². The van der Waals surface area contributed by atoms with E-state index in [1.165, 1.54) is 0 Å². The number of alkyl carbamates (subject to hydrolysis) is 1. The van der Waals surface area contributed by atoms with Crippen LogP contribution < -0.4 is 5.32 Å². The smallest absolute Gasteiger partial charge is 0.408 e. The average Bonchev–Trinajstić information content (AvgIpc) is 2.71. The van der Waals surface area contributed by atoms with E-state index in [1.807, 2.05) is 34.6 Å². The topological polar surface area (TPSA) is 56.2 Å². The van der Waals surface area contributed by atoms with Crippen LogP contribution in [0.15, 0.2) is 12.5 Å². The highest BCUT2D eigenvalue weighted by Gasteiger charge is 2.28. The normalized spacial score (nSPS) is 12.3. The molecule has 0 saturated carbocycles. The molecule has 0 aliphatic rings. The van der Waals surface area contributed by atoms with Crippen molar-refractivity contribution < 1.29 is 9.53 Å². The summed E-state index contributed by atoms with van der Waals surface area (Å²) in [4.78, 5) is 16.1. The molecule has 0 aliphatic heterocycles. The predicted octanol–water partition coefficient (Wildman–Crippen LogP) is 3.01. The zero-order valence-corrected chi connectivity index (χ0v) is 14.0. The number of carbonyl (C=O) groups is 1. The number of amides is 1. The molecule has 20 heavy (non-hydrogen) atoms. The summed E-state index contributed by atoms with van der Waals surface area (Å²) in [7, 11) is 0. The zero-order valence-electron chi connectivity index (χ0n) is 13.2. The summed E-state index contributed by atoms with van der Waals surface area (Å²) in [5.41, 5.74) is -0.0614. The third kappa shape index (κ3) is 5.07. The second-order valence-electron chi connectivity index (χ2n) is 6.22. The molecule has 114 valence electrons. The number of aromatic nitrogens is 2. The van der Waals surface area contributed by atoms with Crippen LogP contribution in [0, 0.1) is 0 Å². The lowest BCUT2D eigenvalue weighted by Crippen LogP contribution is -2.44. The van der Waals surface area contributed by atoms with E-state index < -0.39 is 17.2 Å². The Balaban J connectivity index is 2.78. The monoisotopic (exact) mass is 299 g/mol. The molecule has 0 saturated heterocycles. The molecule has 0 spiro atoms. The Morgan fingerprint density at radius 2 is 2.05 bits per heavy atom. The SMILES string of the molecule is CSCCn1cncc1C(C)(C)NC(=O)OC(C)(C)C. The van der Waals surface area contributed by atoms with Gasteiger partial charge in [-0.2, -0.15) is 11.8 Å². The minimum Gasteiger partial charge on any atom is -0.444 e. The molecule has 0 bridgehead atoms. The zero-order chi connectivity index (χ0) is 15.4. The number of thioether (sulfide) groups is 1. The maximum atomic E-state index is 11.9. The first-order chi connectivity index (χ1) is 9.15. The Morgan fingerprint density at radius 3 is 2.60 bits per heavy atom. The van der Waals surface area contributed by atoms with Crippen LogP contribution in [0.1, 0.15) is 40.3 Å². The molecule has 5 nitrogen and oxygen atoms in total. The van der Waals surface area contributed by atoms with Gasteiger partial charge >= 0.3 is 6.09 Å². The van der Waals surface area contributed by atoms with Crippen LogP contribution in [0.2, 0.25) is 0 Å². The minimum absolute atomic E-state index is 0.417. The van der Waals surface area contributed by atoms with E-state index in [-0.39, 0.29) is 0 Å². The molecule has 0 aliphatic carbocycles. The molecule has 0 radical (unpaired) electrons. The summed E-state index contributed by atoms with van der Waals surface area (Å²) in [5.74, 6) is 1.01. The molecule has 0 aromatic carbocycles. The summed E-state index contributed by atoms with van der Waals surface area (Å²) in [6.07, 6.45) is 5.24. The van der Waals surface area contributed by atoms with Crippen molar-refractivity contribution in [3.8, 4) is 0 Å². The van der Waals surface area contributed by atoms with Gasteiger partial charge in [0.05, 0.1) is 23.8 Å². The standard InChI is InChI=1S/C14H25N3O2S/c1-13(2,3)19-12(18)16-14(4,5)11-9-15-10-17(11)7-8-20-6/h9-10H,7-8H2,1-6H3,(H,16,18). The lowest BCUT2D eigenvalue weighted by molar-refractivity contribution is 0.0467. The van der Waals surface area contributed by atoms with Crippen LogP contribution in [0.25, 0.3) is 0 Å². The molecular formula is C14H25N3O2S. The van der Waals surface area contributed by atoms with E-state index in [0.29, 0.717) is 0 Å². The molecule has 0 atom stereocenters. The van der Waals surface area contributed by atoms with Crippen molar-refractivity contribution in [2.75, 3.05) is 12.0 Å². The van der Waals surface area contributed by atoms with Crippen LogP contribution in [-0.4, -0.2) is 33.3 Å². The summed E-state index contributed by atoms with van der Waals surface area (Å²) in [6.45, 7) is 10.3. The molecule has 0 fully saturated rings. The summed E-state index contributed by atoms with van der Waals surface area (Å²) in [6, 6.07) is 0. The summed E-state index contributed by atoms with van der Waals surface area (Å²) in [5, 5.41) is 2.90. The number of hydrogen-bond acceptors (Lipinski definition) is 4. The van der Waals surface area contributed by atoms with Crippen molar-refractivity contribution >= 4 is 17.9 Å². The van der Waals surface area contributed by atoms with E-state index in [1.54, 1.807) is 24.3 Å². The largest absolute Gasteiger partial charge is 0.444 e. The van der Waals surface area contributed by atoms with Gasteiger partial charge in [0.1, 0.15) is 5.60 Å². The van der Waals surface area contributed by atoms with Gasteiger partial charge in [-0.25, -0.2) is 9.78 Å². The third-order valence-corrected chi connectivity index (χ3v) is 3.29. The van der Waals surface area contributed by atoms with E-state index in [0.717, 1.165) is 18.0 Å². The lowest BCUT2D eigenvalue weighted by atomic mass is 10.0. The number of imidazole rings is 1. The van der Waals surface area contributed by atoms with Crippen molar-refractivity contribution in [2.24, 2.45) is 0 Å². The fourth-order valence-corrected chi connectivity index (χ4v) is 2.21. The van der Waals surface area contributed by atoms with Crippen LogP contribution in [0.5, 0.6) is 0 Å². The summed E-state index contributed by atoms with van der Waals surface area (Å²) < 4.78 is 7.37. The molecule has 1 amide bonds. The highest BCUT2D eigenvalue weighted by atomic mass is 32.2. The highest BCUT2D eigenvalue weighted by Crippen LogP contribution is 2.21. The number of nitrogens with zero attached hydrogens (tertiary/aromatic N) is 2. The fourth-order valence-electron chi connectivity index (χ4n) is 1.83. The van der Waals surface area contributed by atoms with Crippen molar-refractivity contribution in [3.63, 3.8) is 0 Å². The Bertz CT molecular complexity index is 450. The van der Waals surface area contributed by atoms with E-state index in [4.69, 9.17) is 4.74 Å². The van der Waals surface area contributed by atoms with E-state index >= 15 is 0 Å². The van der Waals surface area contributed by atoms with Crippen LogP contribution >= 0.6 is 11.8 Å². The Hall–Kier alpha value is -1.17. The Labute approximate surface area is 125 Å². The van der Waals surface area contributed by atoms with Gasteiger partial charge in [-0.3, -0.25) is 0 Å². The number of rotatable bonds is 5. The van der Waals surface area contributed by atoms with Crippen molar-refractivity contribution in [3.05, 3.63) is 18.2 Å². The average molecular weight is 299 g/mol. The number of ether oxygens (including phenoxy) is 1. The maximum absolute atomic E-state index is 11.9. The fraction of sp³-hybridized carbons (Fsp3) is 0.714. The number of nitrogens with one attached hydrogen (secondary N) is 1. The predicted molar refractivity (Wildman–Crippen MR) is 83.0 cm³/mol. The van der Waals surface area contributed by atoms with Gasteiger partial charge in [0.2, 0.25) is 0 Å². The van der Waals surface area contributed by atoms with Gasteiger partial charge in [-0.1, -0.05) is 0 Å². The first-order valence-corrected chi connectivity index (χ1v) is 8.06. The Morgan fingerprint density at radius 1 is 1.40 bits per heavy atom. The summed E-state index contributed by atoms with van der Waals surface area (Å²) >= 11 is 1.78. The van der Waals surface area contributed by atoms with Crippen molar-refractivity contribution in [1.82, 2.24) is 14.9 Å². The number of carbonyl (C=O) groups excluding carboxylic acids is 1. The van der Waals surface area contributed by atoms with Crippen molar-refractivity contribution in [2.45, 2.75) is 52.3 Å². The van der Waals surface area contributed by atoms with E-state index in [2.05, 4.69) is 21.1 Å². The molecule has 1 N–H and O–H groups in total. The Kier molecular flexibility index (Phi) is 5.50. The second-order valence-corrected chi connectivity index (χ2v) is 7.20. The van der Waals surface area contributed by atoms with Gasteiger partial charge in [0.15, 0.2) is 0 Å². The van der Waals surface area contributed by atoms with Gasteiger partial charge in [0.25, 0.3) is 0 Å². The molecule has 1 aromatic rings. The molecule has 6 heteroatoms. The van der Waals surface area contributed by atoms with Crippen molar-refractivity contribution in [1.29, 1.82) is 0 Å². The second kappa shape index (κ2) is 6.52. The molecule has 1 aromatic heterocycles. The van der Waals surface area contributed by atoms with E-state index in [9.17, 15) is 4.79 Å². The maximum Gasteiger partial charge on any atom is 0.408 e. The van der Waals surface area contributed by atoms with Gasteiger partial charge in [-0.05, 0) is 40.9 Å². The number of aryl methyl sites for hydroxylation is 1. The van der Waals surface area contributed by atoms with Crippen LogP contribution in [0.3, 0.4) is 0 Å². The van der Waals surface area contributed by atoms with Crippen LogP contribution in [-0.2, 0) is 16.8 Å². The molecular weight excluding hydrogens is 274 g/mol. The lowest BCUT2D eigenvalue weighted by Gasteiger charge is -2.29. The number of hydrogen-bond donors (Lipinski definition) is 1. The quantitative estimate of drug-likeness (QED) is 0.908. The van der Waals surface area contributed by atoms with Gasteiger partial charge in [0, 0.05) is 12.3 Å². The first-order valence-electron chi connectivity index (χ1n) is 6.66. The molecule has 0 unspecified atom stereocenters. The molecule has 1 rings (SSSR count). The molecule has 1 heterocycles. The highest BCUT2D eigenvalue weighted by molar-refractivity contribution is 7.98. The van der Waals surface area contributed by atoms with Gasteiger partial charge < -0.3 is 14.6 Å². The third-order valence-electron chi connectivity index (χ3n) is 2.70. The minimum atomic E-state index is -0.531. The van der Waals surface area contributed by atoms with Crippen LogP contribution in [0.4, 0.5) is 4.79 Å².